The number of nitrogens with zero attached hydrogens (tertiary/aromatic N) is 5. The normalized spacial score (nSPS) is 16.7. The van der Waals surface area contributed by atoms with Gasteiger partial charge in [0.1, 0.15) is 0 Å². The Morgan fingerprint density at radius 2 is 2.23 bits per heavy atom. The van der Waals surface area contributed by atoms with E-state index < -0.39 is 0 Å². The van der Waals surface area contributed by atoms with Crippen LogP contribution in [0.4, 0.5) is 5.69 Å². The largest absolute Gasteiger partial charge is 0.383 e. The zero-order valence-corrected chi connectivity index (χ0v) is 17.2. The fourth-order valence-electron chi connectivity index (χ4n) is 3.90. The van der Waals surface area contributed by atoms with Gasteiger partial charge in [0.25, 0.3) is 11.5 Å². The average molecular weight is 410 g/mol. The van der Waals surface area contributed by atoms with Crippen molar-refractivity contribution < 1.29 is 9.53 Å². The molecule has 3 heterocycles. The van der Waals surface area contributed by atoms with Gasteiger partial charge in [-0.05, 0) is 18.9 Å². The molecular formula is C21H26N6O3. The third kappa shape index (κ3) is 3.93. The summed E-state index contributed by atoms with van der Waals surface area (Å²) in [6.45, 7) is 2.36. The van der Waals surface area contributed by atoms with E-state index in [4.69, 9.17) is 4.74 Å². The first-order chi connectivity index (χ1) is 14.6. The highest BCUT2D eigenvalue weighted by atomic mass is 16.5. The van der Waals surface area contributed by atoms with E-state index in [0.29, 0.717) is 31.8 Å². The van der Waals surface area contributed by atoms with Crippen LogP contribution in [0.15, 0.2) is 41.5 Å². The van der Waals surface area contributed by atoms with E-state index in [-0.39, 0.29) is 17.5 Å². The fourth-order valence-corrected chi connectivity index (χ4v) is 3.90. The van der Waals surface area contributed by atoms with Gasteiger partial charge in [0.2, 0.25) is 0 Å². The SMILES string of the molecule is COCCN(C)c1cnn(C2CCCN(C(=O)c3cccc4cn[nH]c34)C2)c(=O)c1. The minimum Gasteiger partial charge on any atom is -0.383 e. The number of nitrogens with one attached hydrogen (secondary N) is 1. The molecule has 9 nitrogen and oxygen atoms in total. The van der Waals surface area contributed by atoms with E-state index in [1.54, 1.807) is 30.5 Å². The quantitative estimate of drug-likeness (QED) is 0.664. The van der Waals surface area contributed by atoms with Crippen LogP contribution in [0, 0.1) is 0 Å². The predicted molar refractivity (Wildman–Crippen MR) is 114 cm³/mol. The molecule has 30 heavy (non-hydrogen) atoms. The number of amides is 1. The predicted octanol–water partition coefficient (Wildman–Crippen LogP) is 1.68. The number of hydrogen-bond acceptors (Lipinski definition) is 6. The van der Waals surface area contributed by atoms with Crippen molar-refractivity contribution in [1.29, 1.82) is 0 Å². The van der Waals surface area contributed by atoms with Crippen molar-refractivity contribution in [3.8, 4) is 0 Å². The summed E-state index contributed by atoms with van der Waals surface area (Å²) in [6.07, 6.45) is 5.03. The number of aromatic amines is 1. The van der Waals surface area contributed by atoms with Crippen molar-refractivity contribution >= 4 is 22.5 Å². The molecule has 158 valence electrons. The van der Waals surface area contributed by atoms with E-state index in [1.165, 1.54) is 4.68 Å². The molecule has 1 aliphatic heterocycles. The van der Waals surface area contributed by atoms with Gasteiger partial charge in [0, 0.05) is 45.2 Å². The van der Waals surface area contributed by atoms with Crippen LogP contribution >= 0.6 is 0 Å². The van der Waals surface area contributed by atoms with Gasteiger partial charge in [-0.25, -0.2) is 4.68 Å². The number of likely N-dealkylation sites (N-methyl/N-ethyl adjacent to an activating group) is 1. The first-order valence-electron chi connectivity index (χ1n) is 10.1. The number of likely N-dealkylation sites (tertiary alicyclic amines) is 1. The van der Waals surface area contributed by atoms with E-state index in [9.17, 15) is 9.59 Å². The zero-order valence-electron chi connectivity index (χ0n) is 17.2. The molecule has 1 saturated heterocycles. The van der Waals surface area contributed by atoms with Crippen LogP contribution in [0.5, 0.6) is 0 Å². The van der Waals surface area contributed by atoms with Crippen molar-refractivity contribution in [3.05, 3.63) is 52.6 Å². The second-order valence-corrected chi connectivity index (χ2v) is 7.60. The average Bonchev–Trinajstić information content (AvgIpc) is 3.26. The summed E-state index contributed by atoms with van der Waals surface area (Å²) in [5, 5.41) is 12.3. The molecule has 1 aliphatic rings. The Morgan fingerprint density at radius 3 is 3.03 bits per heavy atom. The summed E-state index contributed by atoms with van der Waals surface area (Å²) in [7, 11) is 3.55. The maximum absolute atomic E-state index is 13.2. The number of ether oxygens (including phenoxy) is 1. The molecule has 1 fully saturated rings. The van der Waals surface area contributed by atoms with Crippen LogP contribution in [0.1, 0.15) is 29.2 Å². The lowest BCUT2D eigenvalue weighted by Gasteiger charge is -2.33. The highest BCUT2D eigenvalue weighted by molar-refractivity contribution is 6.05. The third-order valence-corrected chi connectivity index (χ3v) is 5.62. The smallest absolute Gasteiger partial charge is 0.269 e. The highest BCUT2D eigenvalue weighted by Crippen LogP contribution is 2.24. The van der Waals surface area contributed by atoms with E-state index in [1.807, 2.05) is 30.1 Å². The Bertz CT molecular complexity index is 1090. The molecule has 0 bridgehead atoms. The van der Waals surface area contributed by atoms with Gasteiger partial charge in [-0.15, -0.1) is 0 Å². The summed E-state index contributed by atoms with van der Waals surface area (Å²) in [6, 6.07) is 7.03. The number of aromatic nitrogens is 4. The third-order valence-electron chi connectivity index (χ3n) is 5.62. The Hall–Kier alpha value is -3.20. The van der Waals surface area contributed by atoms with Crippen LogP contribution in [0.25, 0.3) is 10.9 Å². The van der Waals surface area contributed by atoms with Crippen LogP contribution in [-0.4, -0.2) is 71.2 Å². The van der Waals surface area contributed by atoms with Gasteiger partial charge in [-0.1, -0.05) is 12.1 Å². The number of rotatable bonds is 6. The molecule has 1 aromatic carbocycles. The summed E-state index contributed by atoms with van der Waals surface area (Å²) in [5.41, 5.74) is 1.93. The second kappa shape index (κ2) is 8.66. The van der Waals surface area contributed by atoms with Gasteiger partial charge < -0.3 is 14.5 Å². The molecule has 3 aromatic rings. The number of carbonyl (C=O) groups is 1. The topological polar surface area (TPSA) is 96.3 Å². The number of benzene rings is 1. The number of hydrogen-bond donors (Lipinski definition) is 1. The molecule has 4 rings (SSSR count). The molecule has 1 N–H and O–H groups in total. The van der Waals surface area contributed by atoms with Gasteiger partial charge in [-0.3, -0.25) is 14.7 Å². The van der Waals surface area contributed by atoms with Crippen molar-refractivity contribution in [3.63, 3.8) is 0 Å². The van der Waals surface area contributed by atoms with E-state index in [0.717, 1.165) is 29.4 Å². The molecule has 2 aromatic heterocycles. The van der Waals surface area contributed by atoms with Gasteiger partial charge in [0.15, 0.2) is 0 Å². The Labute approximate surface area is 174 Å². The highest BCUT2D eigenvalue weighted by Gasteiger charge is 2.28. The number of para-hydroxylation sites is 1. The summed E-state index contributed by atoms with van der Waals surface area (Å²) in [4.78, 5) is 29.6. The molecule has 0 aliphatic carbocycles. The zero-order chi connectivity index (χ0) is 21.1. The maximum atomic E-state index is 13.2. The van der Waals surface area contributed by atoms with Crippen LogP contribution < -0.4 is 10.5 Å². The Morgan fingerprint density at radius 1 is 1.37 bits per heavy atom. The molecule has 1 unspecified atom stereocenters. The van der Waals surface area contributed by atoms with Crippen LogP contribution in [-0.2, 0) is 4.74 Å². The van der Waals surface area contributed by atoms with Gasteiger partial charge in [-0.2, -0.15) is 10.2 Å². The lowest BCUT2D eigenvalue weighted by atomic mass is 10.0. The van der Waals surface area contributed by atoms with Crippen molar-refractivity contribution in [2.24, 2.45) is 0 Å². The first kappa shape index (κ1) is 20.1. The molecule has 1 atom stereocenters. The summed E-state index contributed by atoms with van der Waals surface area (Å²) in [5.74, 6) is -0.0569. The standard InChI is InChI=1S/C21H26N6O3/c1-25(9-10-30-2)17-11-19(28)27(23-13-17)16-6-4-8-26(14-16)21(29)18-7-3-5-15-12-22-24-20(15)18/h3,5,7,11-13,16H,4,6,8-10,14H2,1-2H3,(H,22,24). The van der Waals surface area contributed by atoms with Gasteiger partial charge >= 0.3 is 0 Å². The molecule has 0 saturated carbocycles. The first-order valence-corrected chi connectivity index (χ1v) is 10.1. The minimum absolute atomic E-state index is 0.0569. The molecular weight excluding hydrogens is 384 g/mol. The van der Waals surface area contributed by atoms with Crippen LogP contribution in [0.2, 0.25) is 0 Å². The number of methoxy groups -OCH3 is 1. The van der Waals surface area contributed by atoms with Crippen molar-refractivity contribution in [2.45, 2.75) is 18.9 Å². The van der Waals surface area contributed by atoms with Crippen molar-refractivity contribution in [1.82, 2.24) is 24.9 Å². The fraction of sp³-hybridized carbons (Fsp3) is 0.429. The van der Waals surface area contributed by atoms with Gasteiger partial charge in [0.05, 0.1) is 41.8 Å². The lowest BCUT2D eigenvalue weighted by Crippen LogP contribution is -2.43. The monoisotopic (exact) mass is 410 g/mol. The molecule has 1 amide bonds. The lowest BCUT2D eigenvalue weighted by molar-refractivity contribution is 0.0671. The number of fused-ring (bicyclic) bond motifs is 1. The number of anilines is 1. The van der Waals surface area contributed by atoms with Crippen LogP contribution in [0.3, 0.4) is 0 Å². The number of carbonyl (C=O) groups excluding carboxylic acids is 1. The molecule has 0 spiro atoms. The molecule has 0 radical (unpaired) electrons. The number of H-pyrrole nitrogens is 1. The number of piperidine rings is 1. The Kier molecular flexibility index (Phi) is 5.80. The maximum Gasteiger partial charge on any atom is 0.269 e. The molecule has 9 heteroatoms. The van der Waals surface area contributed by atoms with E-state index in [2.05, 4.69) is 15.3 Å². The summed E-state index contributed by atoms with van der Waals surface area (Å²) < 4.78 is 6.59. The van der Waals surface area contributed by atoms with Crippen molar-refractivity contribution in [2.75, 3.05) is 45.3 Å². The van der Waals surface area contributed by atoms with E-state index >= 15 is 0 Å². The minimum atomic E-state index is -0.160. The summed E-state index contributed by atoms with van der Waals surface area (Å²) >= 11 is 0. The second-order valence-electron chi connectivity index (χ2n) is 7.60. The Balaban J connectivity index is 1.52.